The van der Waals surface area contributed by atoms with Gasteiger partial charge in [-0.05, 0) is 69.7 Å². The van der Waals surface area contributed by atoms with Gasteiger partial charge in [0.2, 0.25) is 12.1 Å². The number of pyridine rings is 1. The number of aryl methyl sites for hydroxylation is 2. The Morgan fingerprint density at radius 2 is 1.98 bits per heavy atom. The summed E-state index contributed by atoms with van der Waals surface area (Å²) < 4.78 is 2.04. The average Bonchev–Trinajstić information content (AvgIpc) is 3.64. The number of benzene rings is 1. The number of hydrogen-bond donors (Lipinski definition) is 3. The van der Waals surface area contributed by atoms with Gasteiger partial charge in [0.25, 0.3) is 5.91 Å². The summed E-state index contributed by atoms with van der Waals surface area (Å²) in [6.45, 7) is 14.4. The monoisotopic (exact) mass is 568 g/mol. The third-order valence-electron chi connectivity index (χ3n) is 8.18. The van der Waals surface area contributed by atoms with Crippen molar-refractivity contribution in [1.82, 2.24) is 35.5 Å². The van der Waals surface area contributed by atoms with Gasteiger partial charge in [-0.3, -0.25) is 9.48 Å². The number of hydroxylamine groups is 1. The quantitative estimate of drug-likeness (QED) is 0.259. The Kier molecular flexibility index (Phi) is 7.12. The molecule has 1 aromatic carbocycles. The van der Waals surface area contributed by atoms with Crippen LogP contribution in [0.2, 0.25) is 0 Å². The molecule has 0 spiro atoms. The molecule has 1 aliphatic carbocycles. The molecular formula is C32H40N8O2. The van der Waals surface area contributed by atoms with E-state index in [1.807, 2.05) is 44.6 Å². The van der Waals surface area contributed by atoms with E-state index in [1.54, 1.807) is 0 Å². The minimum absolute atomic E-state index is 0.0839. The average molecular weight is 569 g/mol. The first-order valence-corrected chi connectivity index (χ1v) is 14.9. The van der Waals surface area contributed by atoms with Crippen molar-refractivity contribution in [3.8, 4) is 22.5 Å². The Morgan fingerprint density at radius 1 is 1.17 bits per heavy atom. The molecule has 3 N–H and O–H groups in total. The van der Waals surface area contributed by atoms with E-state index < -0.39 is 6.17 Å². The molecule has 1 aliphatic heterocycles. The summed E-state index contributed by atoms with van der Waals surface area (Å²) >= 11 is 0. The van der Waals surface area contributed by atoms with Crippen molar-refractivity contribution < 1.29 is 9.63 Å². The van der Waals surface area contributed by atoms with E-state index in [2.05, 4.69) is 64.7 Å². The Balaban J connectivity index is 1.31. The zero-order chi connectivity index (χ0) is 29.8. The van der Waals surface area contributed by atoms with Crippen LogP contribution in [0.3, 0.4) is 0 Å². The minimum atomic E-state index is -0.746. The lowest BCUT2D eigenvalue weighted by Gasteiger charge is -2.21. The fraction of sp³-hybridized carbons (Fsp3) is 0.469. The molecule has 4 aromatic rings. The van der Waals surface area contributed by atoms with Gasteiger partial charge in [0, 0.05) is 28.9 Å². The molecule has 6 rings (SSSR count). The summed E-state index contributed by atoms with van der Waals surface area (Å²) in [7, 11) is 0. The fourth-order valence-electron chi connectivity index (χ4n) is 6.07. The maximum Gasteiger partial charge on any atom is 0.263 e. The Bertz CT molecular complexity index is 1690. The number of rotatable bonds is 5. The van der Waals surface area contributed by atoms with Crippen LogP contribution in [0.5, 0.6) is 0 Å². The van der Waals surface area contributed by atoms with E-state index in [9.17, 15) is 4.79 Å². The highest BCUT2D eigenvalue weighted by molar-refractivity contribution is 5.92. The summed E-state index contributed by atoms with van der Waals surface area (Å²) in [6, 6.07) is 8.77. The molecular weight excluding hydrogens is 528 g/mol. The zero-order valence-electron chi connectivity index (χ0n) is 25.5. The molecule has 0 bridgehead atoms. The number of aromatic amines is 1. The summed E-state index contributed by atoms with van der Waals surface area (Å²) in [5, 5.41) is 7.99. The topological polar surface area (TPSA) is 122 Å². The third kappa shape index (κ3) is 5.08. The van der Waals surface area contributed by atoms with Gasteiger partial charge in [-0.2, -0.15) is 5.10 Å². The van der Waals surface area contributed by atoms with Gasteiger partial charge in [0.05, 0.1) is 22.8 Å². The number of imidazole rings is 1. The molecule has 0 saturated heterocycles. The molecule has 1 amide bonds. The van der Waals surface area contributed by atoms with Crippen molar-refractivity contribution in [3.63, 3.8) is 0 Å². The van der Waals surface area contributed by atoms with Crippen LogP contribution < -0.4 is 10.8 Å². The Morgan fingerprint density at radius 3 is 2.69 bits per heavy atom. The molecule has 3 aromatic heterocycles. The van der Waals surface area contributed by atoms with Crippen LogP contribution in [0, 0.1) is 19.3 Å². The molecule has 2 unspecified atom stereocenters. The van der Waals surface area contributed by atoms with E-state index in [1.165, 1.54) is 5.56 Å². The van der Waals surface area contributed by atoms with E-state index in [-0.39, 0.29) is 23.4 Å². The van der Waals surface area contributed by atoms with Crippen LogP contribution in [0.25, 0.3) is 33.7 Å². The fourth-order valence-corrected chi connectivity index (χ4v) is 6.07. The number of aromatic nitrogens is 5. The highest BCUT2D eigenvalue weighted by atomic mass is 16.7. The van der Waals surface area contributed by atoms with Crippen molar-refractivity contribution in [2.75, 3.05) is 0 Å². The van der Waals surface area contributed by atoms with E-state index in [0.717, 1.165) is 70.7 Å². The van der Waals surface area contributed by atoms with Crippen LogP contribution >= 0.6 is 0 Å². The van der Waals surface area contributed by atoms with Gasteiger partial charge < -0.3 is 15.1 Å². The van der Waals surface area contributed by atoms with Crippen molar-refractivity contribution in [2.24, 2.45) is 10.4 Å². The van der Waals surface area contributed by atoms with Crippen LogP contribution in [-0.4, -0.2) is 42.7 Å². The molecule has 10 heteroatoms. The number of nitrogens with zero attached hydrogens (tertiary/aromatic N) is 5. The van der Waals surface area contributed by atoms with Gasteiger partial charge in [0.15, 0.2) is 5.65 Å². The van der Waals surface area contributed by atoms with Gasteiger partial charge in [-0.25, -0.2) is 15.0 Å². The lowest BCUT2D eigenvalue weighted by atomic mass is 9.94. The number of nitrogens with one attached hydrogen (secondary N) is 3. The summed E-state index contributed by atoms with van der Waals surface area (Å²) in [5.74, 6) is 1.15. The van der Waals surface area contributed by atoms with Crippen LogP contribution in [0.1, 0.15) is 88.5 Å². The Labute approximate surface area is 246 Å². The summed E-state index contributed by atoms with van der Waals surface area (Å²) in [4.78, 5) is 36.2. The number of carbonyl (C=O) groups is 1. The second-order valence-corrected chi connectivity index (χ2v) is 12.8. The first kappa shape index (κ1) is 28.1. The number of hydrogen-bond acceptors (Lipinski definition) is 7. The van der Waals surface area contributed by atoms with E-state index in [0.29, 0.717) is 11.5 Å². The number of amides is 1. The van der Waals surface area contributed by atoms with Crippen molar-refractivity contribution in [3.05, 3.63) is 53.0 Å². The highest BCUT2D eigenvalue weighted by Crippen LogP contribution is 2.36. The molecule has 0 saturated carbocycles. The molecule has 0 fully saturated rings. The molecule has 220 valence electrons. The molecule has 0 radical (unpaired) electrons. The van der Waals surface area contributed by atoms with Gasteiger partial charge >= 0.3 is 0 Å². The lowest BCUT2D eigenvalue weighted by molar-refractivity contribution is -0.125. The van der Waals surface area contributed by atoms with E-state index >= 15 is 0 Å². The van der Waals surface area contributed by atoms with Gasteiger partial charge in [0.1, 0.15) is 5.82 Å². The summed E-state index contributed by atoms with van der Waals surface area (Å²) in [5.41, 5.74) is 11.7. The zero-order valence-corrected chi connectivity index (χ0v) is 25.5. The molecule has 2 atom stereocenters. The maximum atomic E-state index is 13.2. The predicted octanol–water partition coefficient (Wildman–Crippen LogP) is 5.88. The van der Waals surface area contributed by atoms with Crippen molar-refractivity contribution in [2.45, 2.75) is 92.4 Å². The van der Waals surface area contributed by atoms with E-state index in [4.69, 9.17) is 14.9 Å². The molecule has 10 nitrogen and oxygen atoms in total. The first-order valence-electron chi connectivity index (χ1n) is 14.9. The van der Waals surface area contributed by atoms with Gasteiger partial charge in [-0.15, -0.1) is 5.48 Å². The third-order valence-corrected chi connectivity index (χ3v) is 8.18. The SMILES string of the molecule is Cc1nn(C(C)C)c(C)c1-c1nc2nccc(-c3ccc4c(c3)CCCCC4NC(=O)C3N=C(C(C)(C)C)ON3)c2[nH]1. The molecule has 42 heavy (non-hydrogen) atoms. The molecule has 2 aliphatic rings. The number of carbonyl (C=O) groups excluding carboxylic acids is 1. The van der Waals surface area contributed by atoms with Crippen LogP contribution in [0.4, 0.5) is 0 Å². The van der Waals surface area contributed by atoms with Crippen molar-refractivity contribution in [1.29, 1.82) is 0 Å². The number of H-pyrrole nitrogens is 1. The normalized spacial score (nSPS) is 19.0. The second kappa shape index (κ2) is 10.7. The number of fused-ring (bicyclic) bond motifs is 2. The van der Waals surface area contributed by atoms with Crippen LogP contribution in [-0.2, 0) is 16.1 Å². The van der Waals surface area contributed by atoms with Crippen LogP contribution in [0.15, 0.2) is 35.5 Å². The van der Waals surface area contributed by atoms with Crippen molar-refractivity contribution >= 4 is 23.0 Å². The summed E-state index contributed by atoms with van der Waals surface area (Å²) in [6.07, 6.45) is 5.02. The first-order chi connectivity index (χ1) is 20.0. The predicted molar refractivity (Wildman–Crippen MR) is 164 cm³/mol. The number of aliphatic imine (C=N–C) groups is 1. The highest BCUT2D eigenvalue weighted by Gasteiger charge is 2.33. The standard InChI is InChI=1S/C32H40N8O2/c1-17(2)40-19(4)25(18(3)38-40)27-35-26-23(14-15-33-28(26)36-27)21-12-13-22-20(16-21)10-8-9-11-24(22)34-30(41)29-37-31(42-39-29)32(5,6)7/h12-17,24,29,39H,8-11H2,1-7H3,(H,34,41)(H,33,35,36). The maximum absolute atomic E-state index is 13.2. The van der Waals surface area contributed by atoms with Gasteiger partial charge in [-0.1, -0.05) is 45.4 Å². The Hall–Kier alpha value is -4.05. The molecule has 4 heterocycles. The smallest absolute Gasteiger partial charge is 0.263 e. The minimum Gasteiger partial charge on any atom is -0.390 e. The largest absolute Gasteiger partial charge is 0.390 e. The second-order valence-electron chi connectivity index (χ2n) is 12.8. The lowest BCUT2D eigenvalue weighted by Crippen LogP contribution is -2.41.